The number of carbonyl (C=O) groups is 3. The van der Waals surface area contributed by atoms with Gasteiger partial charge in [-0.2, -0.15) is 0 Å². The van der Waals surface area contributed by atoms with Crippen LogP contribution in [-0.2, 0) is 81.3 Å². The first-order chi connectivity index (χ1) is 43.3. The van der Waals surface area contributed by atoms with Crippen molar-refractivity contribution in [3.05, 3.63) is 197 Å². The molecular weight excluding hydrogens is 1150 g/mol. The van der Waals surface area contributed by atoms with Crippen molar-refractivity contribution in [1.29, 1.82) is 0 Å². The quantitative estimate of drug-likeness (QED) is 0.0175. The number of aryl methyl sites for hydroxylation is 3. The smallest absolute Gasteiger partial charge is 0.220 e. The molecule has 0 bridgehead atoms. The van der Waals surface area contributed by atoms with Gasteiger partial charge in [0.2, 0.25) is 17.7 Å². The molecule has 0 heterocycles. The number of phenols is 3. The van der Waals surface area contributed by atoms with Gasteiger partial charge in [0.1, 0.15) is 17.2 Å². The van der Waals surface area contributed by atoms with Crippen molar-refractivity contribution < 1.29 is 73.4 Å². The minimum absolute atomic E-state index is 0.0235. The largest absolute Gasteiger partial charge is 0.508 e. The van der Waals surface area contributed by atoms with Crippen LogP contribution < -0.4 is 16.0 Å². The van der Waals surface area contributed by atoms with Crippen LogP contribution in [0, 0.1) is 0 Å². The van der Waals surface area contributed by atoms with E-state index in [2.05, 4.69) is 16.0 Å². The fourth-order valence-electron chi connectivity index (χ4n) is 9.00. The summed E-state index contributed by atoms with van der Waals surface area (Å²) in [5.74, 6) is 0.562. The molecule has 0 saturated carbocycles. The molecule has 6 aromatic carbocycles. The molecule has 0 aromatic heterocycles. The van der Waals surface area contributed by atoms with Crippen LogP contribution in [0.15, 0.2) is 164 Å². The van der Waals surface area contributed by atoms with Crippen molar-refractivity contribution in [3.63, 3.8) is 0 Å². The summed E-state index contributed by atoms with van der Waals surface area (Å²) in [6, 6.07) is 50.0. The third kappa shape index (κ3) is 36.4. The van der Waals surface area contributed by atoms with Gasteiger partial charge in [0.05, 0.1) is 114 Å². The number of ether oxygens (including phenoxy) is 6. The summed E-state index contributed by atoms with van der Waals surface area (Å²) in [7, 11) is 0. The average Bonchev–Trinajstić information content (AvgIpc) is 3.70. The van der Waals surface area contributed by atoms with Crippen LogP contribution in [0.5, 0.6) is 17.2 Å². The molecule has 9 atom stereocenters. The molecule has 6 aromatic rings. The van der Waals surface area contributed by atoms with E-state index in [1.54, 1.807) is 57.2 Å². The zero-order chi connectivity index (χ0) is 65.3. The Bertz CT molecular complexity index is 2510. The monoisotopic (exact) mass is 1250 g/mol. The molecule has 0 saturated heterocycles. The highest BCUT2D eigenvalue weighted by atomic mass is 16.5. The van der Waals surface area contributed by atoms with Gasteiger partial charge in [0.15, 0.2) is 0 Å². The number of aliphatic hydroxyl groups excluding tert-OH is 3. The van der Waals surface area contributed by atoms with Crippen LogP contribution >= 0.6 is 0 Å². The molecular formula is C72H99N3O15. The van der Waals surface area contributed by atoms with Crippen molar-refractivity contribution in [2.24, 2.45) is 0 Å². The summed E-state index contributed by atoms with van der Waals surface area (Å²) in [5, 5.41) is 65.5. The minimum Gasteiger partial charge on any atom is -0.508 e. The van der Waals surface area contributed by atoms with E-state index in [0.29, 0.717) is 97.4 Å². The molecule has 492 valence electrons. The van der Waals surface area contributed by atoms with E-state index < -0.39 is 18.3 Å². The molecule has 0 aliphatic heterocycles. The van der Waals surface area contributed by atoms with Gasteiger partial charge in [0.25, 0.3) is 0 Å². The Kier molecular flexibility index (Phi) is 37.0. The lowest BCUT2D eigenvalue weighted by Gasteiger charge is -2.21. The Morgan fingerprint density at radius 3 is 0.778 bits per heavy atom. The van der Waals surface area contributed by atoms with Gasteiger partial charge < -0.3 is 75.0 Å². The number of rotatable bonds is 39. The van der Waals surface area contributed by atoms with E-state index in [9.17, 15) is 45.0 Å². The molecule has 0 fully saturated rings. The Balaban J connectivity index is 0.000000288. The normalized spacial score (nSPS) is 14.1. The van der Waals surface area contributed by atoms with Gasteiger partial charge in [-0.1, -0.05) is 127 Å². The predicted octanol–water partition coefficient (Wildman–Crippen LogP) is 8.56. The predicted molar refractivity (Wildman–Crippen MR) is 349 cm³/mol. The lowest BCUT2D eigenvalue weighted by Crippen LogP contribution is -2.40. The van der Waals surface area contributed by atoms with Gasteiger partial charge in [-0.05, 0) is 150 Å². The minimum atomic E-state index is -0.515. The van der Waals surface area contributed by atoms with Crippen molar-refractivity contribution in [3.8, 4) is 17.2 Å². The zero-order valence-electron chi connectivity index (χ0n) is 53.4. The highest BCUT2D eigenvalue weighted by Gasteiger charge is 2.19. The Labute approximate surface area is 532 Å². The van der Waals surface area contributed by atoms with Gasteiger partial charge in [-0.3, -0.25) is 14.4 Å². The SMILES string of the molecule is C[C@@H](O)CO[C@@H](C)COC[C@H](Cc1ccc(O)cc1)NC(=O)CCc1ccccc1.C[C@H](O)CO[C@@H](C)COC[C@H](Cc1ccc(O)cc1)NC(=O)CCc1ccccc1.C[C@H](O)CO[C@H](C)COC[C@H](Cc1ccc(O)cc1)NC(=O)CCc1ccccc1. The molecule has 3 amide bonds. The summed E-state index contributed by atoms with van der Waals surface area (Å²) in [6.45, 7) is 13.6. The first-order valence-electron chi connectivity index (χ1n) is 31.2. The van der Waals surface area contributed by atoms with Gasteiger partial charge >= 0.3 is 0 Å². The van der Waals surface area contributed by atoms with E-state index in [1.165, 1.54) is 0 Å². The Morgan fingerprint density at radius 1 is 0.322 bits per heavy atom. The van der Waals surface area contributed by atoms with Crippen LogP contribution in [0.4, 0.5) is 0 Å². The number of aliphatic hydroxyl groups is 3. The van der Waals surface area contributed by atoms with Crippen LogP contribution in [0.3, 0.4) is 0 Å². The molecule has 18 nitrogen and oxygen atoms in total. The highest BCUT2D eigenvalue weighted by molar-refractivity contribution is 5.77. The number of amides is 3. The van der Waals surface area contributed by atoms with E-state index in [-0.39, 0.29) is 91.2 Å². The van der Waals surface area contributed by atoms with Crippen molar-refractivity contribution in [2.45, 2.75) is 154 Å². The topological polar surface area (TPSA) is 264 Å². The Morgan fingerprint density at radius 2 is 0.556 bits per heavy atom. The molecule has 90 heavy (non-hydrogen) atoms. The molecule has 18 heteroatoms. The summed E-state index contributed by atoms with van der Waals surface area (Å²) < 4.78 is 33.8. The lowest BCUT2D eigenvalue weighted by molar-refractivity contribution is -0.123. The standard InChI is InChI=1S/3C24H33NO5/c3*1-18(26)15-30-19(2)16-29-17-22(14-21-8-11-23(27)12-9-21)25-24(28)13-10-20-6-4-3-5-7-20/h3*3-9,11-12,18-19,22,26-27H,10,13-17H2,1-2H3,(H,25,28)/t18-,19+,22+;18-,19+,22-;18-,19-,22-/m100/s1. The van der Waals surface area contributed by atoms with Crippen LogP contribution in [0.25, 0.3) is 0 Å². The Hall–Kier alpha value is -7.23. The molecule has 9 N–H and O–H groups in total. The van der Waals surface area contributed by atoms with Crippen molar-refractivity contribution in [2.75, 3.05) is 59.5 Å². The van der Waals surface area contributed by atoms with E-state index in [0.717, 1.165) is 33.4 Å². The second kappa shape index (κ2) is 44.3. The third-order valence-electron chi connectivity index (χ3n) is 13.7. The maximum Gasteiger partial charge on any atom is 0.220 e. The number of nitrogens with one attached hydrogen (secondary N) is 3. The summed E-state index contributed by atoms with van der Waals surface area (Å²) in [6.07, 6.45) is 3.07. The van der Waals surface area contributed by atoms with Crippen LogP contribution in [0.1, 0.15) is 94.2 Å². The van der Waals surface area contributed by atoms with E-state index in [4.69, 9.17) is 28.4 Å². The number of hydrogen-bond acceptors (Lipinski definition) is 15. The molecule has 0 unspecified atom stereocenters. The molecule has 0 aliphatic carbocycles. The first kappa shape index (κ1) is 75.2. The fourth-order valence-corrected chi connectivity index (χ4v) is 9.00. The molecule has 6 rings (SSSR count). The number of aromatic hydroxyl groups is 3. The first-order valence-corrected chi connectivity index (χ1v) is 31.2. The molecule has 0 radical (unpaired) electrons. The van der Waals surface area contributed by atoms with E-state index >= 15 is 0 Å². The van der Waals surface area contributed by atoms with Gasteiger partial charge in [-0.15, -0.1) is 0 Å². The second-order valence-corrected chi connectivity index (χ2v) is 23.0. The van der Waals surface area contributed by atoms with Crippen molar-refractivity contribution >= 4 is 17.7 Å². The van der Waals surface area contributed by atoms with Gasteiger partial charge in [-0.25, -0.2) is 0 Å². The fraction of sp³-hybridized carbons (Fsp3) is 0.458. The average molecular weight is 1250 g/mol. The number of benzene rings is 6. The maximum atomic E-state index is 12.5. The molecule has 0 spiro atoms. The lowest BCUT2D eigenvalue weighted by atomic mass is 10.1. The summed E-state index contributed by atoms with van der Waals surface area (Å²) >= 11 is 0. The third-order valence-corrected chi connectivity index (χ3v) is 13.7. The highest BCUT2D eigenvalue weighted by Crippen LogP contribution is 2.16. The number of phenolic OH excluding ortho intramolecular Hbond substituents is 3. The number of hydrogen-bond donors (Lipinski definition) is 9. The molecule has 0 aliphatic rings. The van der Waals surface area contributed by atoms with E-state index in [1.807, 2.05) is 148 Å². The maximum absolute atomic E-state index is 12.5. The zero-order valence-corrected chi connectivity index (χ0v) is 53.4. The van der Waals surface area contributed by atoms with Gasteiger partial charge in [0, 0.05) is 19.3 Å². The summed E-state index contributed by atoms with van der Waals surface area (Å²) in [5.41, 5.74) is 6.39. The van der Waals surface area contributed by atoms with Crippen molar-refractivity contribution in [1.82, 2.24) is 16.0 Å². The van der Waals surface area contributed by atoms with Crippen LogP contribution in [-0.4, -0.2) is 163 Å². The number of carbonyl (C=O) groups excluding carboxylic acids is 3. The second-order valence-electron chi connectivity index (χ2n) is 23.0. The summed E-state index contributed by atoms with van der Waals surface area (Å²) in [4.78, 5) is 37.5. The van der Waals surface area contributed by atoms with Crippen LogP contribution in [0.2, 0.25) is 0 Å².